The van der Waals surface area contributed by atoms with Crippen LogP contribution in [-0.2, 0) is 4.79 Å². The van der Waals surface area contributed by atoms with Crippen LogP contribution in [0.2, 0.25) is 0 Å². The number of hydrogen-bond donors (Lipinski definition) is 2. The summed E-state index contributed by atoms with van der Waals surface area (Å²) < 4.78 is 0. The van der Waals surface area contributed by atoms with Gasteiger partial charge in [0.15, 0.2) is 0 Å². The third-order valence-electron chi connectivity index (χ3n) is 3.64. The second kappa shape index (κ2) is 5.83. The number of β-amino-alcohol motifs (C(OH)–C–C–N with tert-alkyl or cyclic N) is 1. The normalized spacial score (nSPS) is 22.6. The van der Waals surface area contributed by atoms with Gasteiger partial charge in [0.05, 0.1) is 11.6 Å². The Hall–Kier alpha value is -0.610. The van der Waals surface area contributed by atoms with E-state index in [2.05, 4.69) is 19.2 Å². The molecule has 0 spiro atoms. The summed E-state index contributed by atoms with van der Waals surface area (Å²) in [6.45, 7) is 9.28. The van der Waals surface area contributed by atoms with Crippen LogP contribution in [0.1, 0.15) is 47.0 Å². The SMILES string of the molecule is CCCC1(O)CN(C(C)C(=O)NC(C)CC)C1. The van der Waals surface area contributed by atoms with Crippen molar-refractivity contribution in [3.63, 3.8) is 0 Å². The van der Waals surface area contributed by atoms with E-state index < -0.39 is 5.60 Å². The summed E-state index contributed by atoms with van der Waals surface area (Å²) in [4.78, 5) is 13.9. The number of nitrogens with zero attached hydrogens (tertiary/aromatic N) is 1. The second-order valence-electron chi connectivity index (χ2n) is 5.37. The molecule has 100 valence electrons. The van der Waals surface area contributed by atoms with Crippen molar-refractivity contribution in [2.45, 2.75) is 64.6 Å². The number of rotatable bonds is 6. The van der Waals surface area contributed by atoms with E-state index in [-0.39, 0.29) is 18.0 Å². The van der Waals surface area contributed by atoms with Crippen molar-refractivity contribution in [1.29, 1.82) is 0 Å². The van der Waals surface area contributed by atoms with Crippen LogP contribution in [0.25, 0.3) is 0 Å². The summed E-state index contributed by atoms with van der Waals surface area (Å²) in [5.74, 6) is 0.0675. The Labute approximate surface area is 104 Å². The number of hydrogen-bond acceptors (Lipinski definition) is 3. The number of amides is 1. The highest BCUT2D eigenvalue weighted by Crippen LogP contribution is 2.27. The topological polar surface area (TPSA) is 52.6 Å². The average molecular weight is 242 g/mol. The van der Waals surface area contributed by atoms with Gasteiger partial charge in [0, 0.05) is 19.1 Å². The Balaban J connectivity index is 2.36. The highest BCUT2D eigenvalue weighted by atomic mass is 16.3. The van der Waals surface area contributed by atoms with E-state index in [0.717, 1.165) is 19.3 Å². The average Bonchev–Trinajstić information content (AvgIpc) is 2.24. The van der Waals surface area contributed by atoms with Gasteiger partial charge < -0.3 is 10.4 Å². The van der Waals surface area contributed by atoms with Crippen LogP contribution in [0.4, 0.5) is 0 Å². The zero-order chi connectivity index (χ0) is 13.1. The number of likely N-dealkylation sites (tertiary alicyclic amines) is 1. The van der Waals surface area contributed by atoms with E-state index in [0.29, 0.717) is 13.1 Å². The molecule has 1 aliphatic heterocycles. The van der Waals surface area contributed by atoms with E-state index in [4.69, 9.17) is 0 Å². The van der Waals surface area contributed by atoms with Crippen LogP contribution in [0.15, 0.2) is 0 Å². The molecule has 1 heterocycles. The van der Waals surface area contributed by atoms with Crippen LogP contribution in [-0.4, -0.2) is 46.7 Å². The lowest BCUT2D eigenvalue weighted by Gasteiger charge is -2.49. The molecule has 1 aliphatic rings. The van der Waals surface area contributed by atoms with Crippen molar-refractivity contribution in [3.05, 3.63) is 0 Å². The fourth-order valence-corrected chi connectivity index (χ4v) is 2.24. The van der Waals surface area contributed by atoms with E-state index in [1.807, 2.05) is 18.7 Å². The summed E-state index contributed by atoms with van der Waals surface area (Å²) >= 11 is 0. The third-order valence-corrected chi connectivity index (χ3v) is 3.64. The van der Waals surface area contributed by atoms with Crippen molar-refractivity contribution in [1.82, 2.24) is 10.2 Å². The van der Waals surface area contributed by atoms with Crippen molar-refractivity contribution >= 4 is 5.91 Å². The van der Waals surface area contributed by atoms with Crippen molar-refractivity contribution in [2.24, 2.45) is 0 Å². The van der Waals surface area contributed by atoms with Crippen LogP contribution in [0, 0.1) is 0 Å². The lowest BCUT2D eigenvalue weighted by atomic mass is 9.88. The molecule has 2 unspecified atom stereocenters. The fourth-order valence-electron chi connectivity index (χ4n) is 2.24. The van der Waals surface area contributed by atoms with E-state index in [1.165, 1.54) is 0 Å². The number of nitrogens with one attached hydrogen (secondary N) is 1. The Morgan fingerprint density at radius 1 is 1.41 bits per heavy atom. The summed E-state index contributed by atoms with van der Waals surface area (Å²) in [7, 11) is 0. The van der Waals surface area contributed by atoms with E-state index >= 15 is 0 Å². The van der Waals surface area contributed by atoms with Crippen molar-refractivity contribution in [3.8, 4) is 0 Å². The Bertz CT molecular complexity index is 262. The maximum absolute atomic E-state index is 11.9. The Morgan fingerprint density at radius 2 is 2.00 bits per heavy atom. The van der Waals surface area contributed by atoms with Gasteiger partial charge in [-0.1, -0.05) is 20.3 Å². The van der Waals surface area contributed by atoms with Gasteiger partial charge in [0.1, 0.15) is 0 Å². The quantitative estimate of drug-likeness (QED) is 0.734. The first-order valence-electron chi connectivity index (χ1n) is 6.68. The predicted molar refractivity (Wildman–Crippen MR) is 68.8 cm³/mol. The zero-order valence-corrected chi connectivity index (χ0v) is 11.5. The van der Waals surface area contributed by atoms with Gasteiger partial charge in [-0.05, 0) is 26.7 Å². The number of carbonyl (C=O) groups is 1. The monoisotopic (exact) mass is 242 g/mol. The molecule has 0 saturated carbocycles. The van der Waals surface area contributed by atoms with Gasteiger partial charge in [-0.15, -0.1) is 0 Å². The largest absolute Gasteiger partial charge is 0.387 e. The molecule has 0 aromatic carbocycles. The maximum atomic E-state index is 11.9. The first-order chi connectivity index (χ1) is 7.91. The molecule has 17 heavy (non-hydrogen) atoms. The van der Waals surface area contributed by atoms with Crippen LogP contribution < -0.4 is 5.32 Å². The van der Waals surface area contributed by atoms with E-state index in [9.17, 15) is 9.90 Å². The predicted octanol–water partition coefficient (Wildman–Crippen LogP) is 1.14. The zero-order valence-electron chi connectivity index (χ0n) is 11.5. The molecule has 1 amide bonds. The summed E-state index contributed by atoms with van der Waals surface area (Å²) in [6, 6.07) is 0.0851. The molecule has 1 fully saturated rings. The minimum atomic E-state index is -0.556. The van der Waals surface area contributed by atoms with Crippen LogP contribution in [0.5, 0.6) is 0 Å². The molecule has 0 radical (unpaired) electrons. The molecule has 1 saturated heterocycles. The molecule has 0 aromatic rings. The summed E-state index contributed by atoms with van der Waals surface area (Å²) in [6.07, 6.45) is 2.75. The maximum Gasteiger partial charge on any atom is 0.237 e. The standard InChI is InChI=1S/C13H26N2O2/c1-5-7-13(17)8-15(9-13)11(4)12(16)14-10(3)6-2/h10-11,17H,5-9H2,1-4H3,(H,14,16). The van der Waals surface area contributed by atoms with Gasteiger partial charge in [-0.3, -0.25) is 9.69 Å². The van der Waals surface area contributed by atoms with Gasteiger partial charge >= 0.3 is 0 Å². The van der Waals surface area contributed by atoms with Gasteiger partial charge in [0.2, 0.25) is 5.91 Å². The molecular weight excluding hydrogens is 216 g/mol. The van der Waals surface area contributed by atoms with Gasteiger partial charge in [0.25, 0.3) is 0 Å². The molecular formula is C13H26N2O2. The smallest absolute Gasteiger partial charge is 0.237 e. The van der Waals surface area contributed by atoms with Crippen LogP contribution >= 0.6 is 0 Å². The fraction of sp³-hybridized carbons (Fsp3) is 0.923. The minimum absolute atomic E-state index is 0.0675. The second-order valence-corrected chi connectivity index (χ2v) is 5.37. The molecule has 0 aliphatic carbocycles. The molecule has 2 atom stereocenters. The van der Waals surface area contributed by atoms with E-state index in [1.54, 1.807) is 0 Å². The van der Waals surface area contributed by atoms with Crippen molar-refractivity contribution in [2.75, 3.05) is 13.1 Å². The molecule has 0 bridgehead atoms. The number of carbonyl (C=O) groups excluding carboxylic acids is 1. The third kappa shape index (κ3) is 3.68. The number of aliphatic hydroxyl groups is 1. The summed E-state index contributed by atoms with van der Waals surface area (Å²) in [5, 5.41) is 13.0. The first-order valence-corrected chi connectivity index (χ1v) is 6.68. The van der Waals surface area contributed by atoms with Crippen LogP contribution in [0.3, 0.4) is 0 Å². The lowest BCUT2D eigenvalue weighted by molar-refractivity contribution is -0.144. The molecule has 4 nitrogen and oxygen atoms in total. The highest BCUT2D eigenvalue weighted by molar-refractivity contribution is 5.81. The Morgan fingerprint density at radius 3 is 2.47 bits per heavy atom. The Kier molecular flexibility index (Phi) is 4.95. The van der Waals surface area contributed by atoms with Gasteiger partial charge in [-0.2, -0.15) is 0 Å². The molecule has 4 heteroatoms. The lowest BCUT2D eigenvalue weighted by Crippen LogP contribution is -2.66. The summed E-state index contributed by atoms with van der Waals surface area (Å²) in [5.41, 5.74) is -0.556. The minimum Gasteiger partial charge on any atom is -0.387 e. The highest BCUT2D eigenvalue weighted by Gasteiger charge is 2.43. The first kappa shape index (κ1) is 14.5. The molecule has 1 rings (SSSR count). The molecule has 2 N–H and O–H groups in total. The van der Waals surface area contributed by atoms with Crippen molar-refractivity contribution < 1.29 is 9.90 Å². The van der Waals surface area contributed by atoms with Gasteiger partial charge in [-0.25, -0.2) is 0 Å². The molecule has 0 aromatic heterocycles.